The average Bonchev–Trinajstić information content (AvgIpc) is 2.84. The maximum atomic E-state index is 14.6. The highest BCUT2D eigenvalue weighted by Crippen LogP contribution is 2.26. The highest BCUT2D eigenvalue weighted by molar-refractivity contribution is 5.63. The van der Waals surface area contributed by atoms with E-state index >= 15 is 0 Å². The maximum absolute atomic E-state index is 14.6. The van der Waals surface area contributed by atoms with Crippen LogP contribution < -0.4 is 10.3 Å². The minimum atomic E-state index is -1.38. The number of ether oxygens (including phenoxy) is 1. The van der Waals surface area contributed by atoms with E-state index in [9.17, 15) is 23.1 Å². The van der Waals surface area contributed by atoms with Gasteiger partial charge in [-0.05, 0) is 58.9 Å². The molecule has 0 amide bonds. The van der Waals surface area contributed by atoms with E-state index in [-0.39, 0.29) is 46.5 Å². The Kier molecular flexibility index (Phi) is 6.88. The first-order valence-electron chi connectivity index (χ1n) is 11.4. The molecule has 2 aromatic heterocycles. The van der Waals surface area contributed by atoms with Gasteiger partial charge in [0.1, 0.15) is 35.4 Å². The second-order valence-electron chi connectivity index (χ2n) is 9.16. The summed E-state index contributed by atoms with van der Waals surface area (Å²) in [6.45, 7) is 7.20. The molecule has 4 aromatic rings. The first kappa shape index (κ1) is 26.0. The predicted octanol–water partition coefficient (Wildman–Crippen LogP) is 4.84. The smallest absolute Gasteiger partial charge is 0.264 e. The molecule has 0 aliphatic rings. The standard InChI is InChI=1S/C27H25F3N4O3/c1-14-20(28)10-9-18(22(14)30)13-37-24-15(2)25(35)34(16(3)32-24)19-8-6-7-17(11-19)23-21(29)12-31-26(33-23)27(4,5)36/h6-12,36H,13H2,1-5H3. The minimum Gasteiger partial charge on any atom is -0.472 e. The number of hydrogen-bond donors (Lipinski definition) is 1. The maximum Gasteiger partial charge on any atom is 0.264 e. The molecule has 2 aromatic carbocycles. The summed E-state index contributed by atoms with van der Waals surface area (Å²) in [5.41, 5.74) is -0.872. The average molecular weight is 511 g/mol. The summed E-state index contributed by atoms with van der Waals surface area (Å²) in [6.07, 6.45) is 0.989. The lowest BCUT2D eigenvalue weighted by atomic mass is 10.1. The molecule has 37 heavy (non-hydrogen) atoms. The molecule has 0 bridgehead atoms. The highest BCUT2D eigenvalue weighted by atomic mass is 19.1. The van der Waals surface area contributed by atoms with Crippen molar-refractivity contribution < 1.29 is 23.0 Å². The first-order valence-corrected chi connectivity index (χ1v) is 11.4. The van der Waals surface area contributed by atoms with Crippen molar-refractivity contribution in [3.05, 3.63) is 98.7 Å². The fourth-order valence-corrected chi connectivity index (χ4v) is 3.76. The molecule has 1 N–H and O–H groups in total. The van der Waals surface area contributed by atoms with E-state index < -0.39 is 28.6 Å². The Hall–Kier alpha value is -4.05. The van der Waals surface area contributed by atoms with Crippen LogP contribution in [0.5, 0.6) is 5.88 Å². The minimum absolute atomic E-state index is 0.0212. The van der Waals surface area contributed by atoms with Gasteiger partial charge in [-0.25, -0.2) is 23.1 Å². The molecular weight excluding hydrogens is 485 g/mol. The lowest BCUT2D eigenvalue weighted by Crippen LogP contribution is -2.25. The van der Waals surface area contributed by atoms with E-state index in [4.69, 9.17) is 4.74 Å². The fourth-order valence-electron chi connectivity index (χ4n) is 3.76. The molecule has 0 fully saturated rings. The molecule has 0 atom stereocenters. The van der Waals surface area contributed by atoms with Gasteiger partial charge in [0.05, 0.1) is 17.4 Å². The van der Waals surface area contributed by atoms with Gasteiger partial charge in [0.25, 0.3) is 5.56 Å². The summed E-state index contributed by atoms with van der Waals surface area (Å²) >= 11 is 0. The molecule has 0 spiro atoms. The van der Waals surface area contributed by atoms with Crippen molar-refractivity contribution >= 4 is 0 Å². The number of nitrogens with zero attached hydrogens (tertiary/aromatic N) is 4. The summed E-state index contributed by atoms with van der Waals surface area (Å²) in [5.74, 6) is -1.71. The Morgan fingerprint density at radius 2 is 1.73 bits per heavy atom. The van der Waals surface area contributed by atoms with Gasteiger partial charge in [-0.1, -0.05) is 12.1 Å². The summed E-state index contributed by atoms with van der Waals surface area (Å²) in [5, 5.41) is 10.2. The molecule has 0 saturated carbocycles. The van der Waals surface area contributed by atoms with Gasteiger partial charge >= 0.3 is 0 Å². The number of halogens is 3. The zero-order valence-electron chi connectivity index (χ0n) is 20.9. The Morgan fingerprint density at radius 3 is 2.43 bits per heavy atom. The third-order valence-electron chi connectivity index (χ3n) is 5.87. The molecule has 0 aliphatic heterocycles. The van der Waals surface area contributed by atoms with E-state index in [1.54, 1.807) is 31.2 Å². The zero-order valence-corrected chi connectivity index (χ0v) is 20.9. The van der Waals surface area contributed by atoms with Crippen LogP contribution in [0.4, 0.5) is 13.2 Å². The molecule has 2 heterocycles. The van der Waals surface area contributed by atoms with Gasteiger partial charge in [0.2, 0.25) is 5.88 Å². The summed E-state index contributed by atoms with van der Waals surface area (Å²) in [7, 11) is 0. The summed E-state index contributed by atoms with van der Waals surface area (Å²) in [4.78, 5) is 25.7. The largest absolute Gasteiger partial charge is 0.472 e. The van der Waals surface area contributed by atoms with Crippen molar-refractivity contribution in [2.75, 3.05) is 0 Å². The van der Waals surface area contributed by atoms with Crippen LogP contribution in [0.2, 0.25) is 0 Å². The Bertz CT molecular complexity index is 1560. The first-order chi connectivity index (χ1) is 17.4. The fraction of sp³-hybridized carbons (Fsp3) is 0.259. The van der Waals surface area contributed by atoms with E-state index in [1.807, 2.05) is 0 Å². The van der Waals surface area contributed by atoms with E-state index in [2.05, 4.69) is 15.0 Å². The van der Waals surface area contributed by atoms with Crippen molar-refractivity contribution in [2.24, 2.45) is 0 Å². The Labute approximate surface area is 211 Å². The quantitative estimate of drug-likeness (QED) is 0.399. The third kappa shape index (κ3) is 5.10. The van der Waals surface area contributed by atoms with Crippen LogP contribution in [0.15, 0.2) is 47.4 Å². The number of benzene rings is 2. The Balaban J connectivity index is 1.70. The van der Waals surface area contributed by atoms with Crippen LogP contribution in [-0.2, 0) is 12.2 Å². The van der Waals surface area contributed by atoms with Crippen LogP contribution >= 0.6 is 0 Å². The molecular formula is C27H25F3N4O3. The molecule has 0 radical (unpaired) electrons. The van der Waals surface area contributed by atoms with Crippen molar-refractivity contribution in [3.8, 4) is 22.8 Å². The second kappa shape index (κ2) is 9.78. The van der Waals surface area contributed by atoms with Gasteiger partial charge in [-0.2, -0.15) is 4.98 Å². The van der Waals surface area contributed by atoms with Crippen molar-refractivity contribution in [1.82, 2.24) is 19.5 Å². The van der Waals surface area contributed by atoms with Crippen molar-refractivity contribution in [2.45, 2.75) is 46.8 Å². The normalized spacial score (nSPS) is 11.6. The van der Waals surface area contributed by atoms with Crippen LogP contribution in [0.1, 0.15) is 42.2 Å². The molecule has 0 saturated heterocycles. The SMILES string of the molecule is Cc1c(F)ccc(COc2nc(C)n(-c3cccc(-c4nc(C(C)(C)O)ncc4F)c3)c(=O)c2C)c1F. The molecule has 10 heteroatoms. The summed E-state index contributed by atoms with van der Waals surface area (Å²) in [6, 6.07) is 8.93. The lowest BCUT2D eigenvalue weighted by molar-refractivity contribution is 0.0686. The monoisotopic (exact) mass is 510 g/mol. The van der Waals surface area contributed by atoms with Crippen LogP contribution in [0.3, 0.4) is 0 Å². The molecule has 7 nitrogen and oxygen atoms in total. The van der Waals surface area contributed by atoms with Crippen molar-refractivity contribution in [3.63, 3.8) is 0 Å². The van der Waals surface area contributed by atoms with Crippen LogP contribution in [0.25, 0.3) is 16.9 Å². The number of rotatable bonds is 6. The van der Waals surface area contributed by atoms with Gasteiger partial charge in [-0.15, -0.1) is 0 Å². The number of hydrogen-bond acceptors (Lipinski definition) is 6. The lowest BCUT2D eigenvalue weighted by Gasteiger charge is -2.17. The van der Waals surface area contributed by atoms with Gasteiger partial charge in [-0.3, -0.25) is 9.36 Å². The van der Waals surface area contributed by atoms with Gasteiger partial charge < -0.3 is 9.84 Å². The van der Waals surface area contributed by atoms with Crippen molar-refractivity contribution in [1.29, 1.82) is 0 Å². The third-order valence-corrected chi connectivity index (χ3v) is 5.87. The van der Waals surface area contributed by atoms with E-state index in [0.29, 0.717) is 11.3 Å². The predicted molar refractivity (Wildman–Crippen MR) is 131 cm³/mol. The number of aliphatic hydroxyl groups is 1. The van der Waals surface area contributed by atoms with Crippen LogP contribution in [-0.4, -0.2) is 24.6 Å². The van der Waals surface area contributed by atoms with Gasteiger partial charge in [0, 0.05) is 16.7 Å². The van der Waals surface area contributed by atoms with E-state index in [0.717, 1.165) is 12.3 Å². The van der Waals surface area contributed by atoms with Gasteiger partial charge in [0.15, 0.2) is 11.6 Å². The number of aromatic nitrogens is 4. The highest BCUT2D eigenvalue weighted by Gasteiger charge is 2.22. The molecule has 192 valence electrons. The van der Waals surface area contributed by atoms with E-state index in [1.165, 1.54) is 38.3 Å². The van der Waals surface area contributed by atoms with Crippen LogP contribution in [0, 0.1) is 38.2 Å². The molecule has 4 rings (SSSR count). The second-order valence-corrected chi connectivity index (χ2v) is 9.16. The Morgan fingerprint density at radius 1 is 1.00 bits per heavy atom. The summed E-state index contributed by atoms with van der Waals surface area (Å²) < 4.78 is 49.5. The topological polar surface area (TPSA) is 90.1 Å². The number of aryl methyl sites for hydroxylation is 1. The molecule has 0 unspecified atom stereocenters. The molecule has 0 aliphatic carbocycles. The zero-order chi connectivity index (χ0) is 27.1.